The van der Waals surface area contributed by atoms with Crippen LogP contribution in [0.3, 0.4) is 0 Å². The molecule has 0 aromatic carbocycles. The Bertz CT molecular complexity index is 308. The number of thioether (sulfide) groups is 1. The van der Waals surface area contributed by atoms with E-state index < -0.39 is 0 Å². The van der Waals surface area contributed by atoms with Gasteiger partial charge in [-0.05, 0) is 12.1 Å². The highest BCUT2D eigenvalue weighted by Gasteiger charge is 2.04. The predicted octanol–water partition coefficient (Wildman–Crippen LogP) is 0.817. The number of hydrogen-bond donors (Lipinski definition) is 2. The van der Waals surface area contributed by atoms with Crippen LogP contribution in [-0.4, -0.2) is 16.6 Å². The van der Waals surface area contributed by atoms with Crippen molar-refractivity contribution >= 4 is 29.3 Å². The molecule has 3 N–H and O–H groups in total. The molecule has 0 aliphatic carbocycles. The molecular weight excluding hydrogens is 210 g/mol. The van der Waals surface area contributed by atoms with Gasteiger partial charge in [-0.15, -0.1) is 0 Å². The third kappa shape index (κ3) is 3.22. The number of nitrogens with two attached hydrogens (primary N) is 1. The smallest absolute Gasteiger partial charge is 0.244 e. The largest absolute Gasteiger partial charge is 0.294 e. The van der Waals surface area contributed by atoms with E-state index in [9.17, 15) is 4.79 Å². The average Bonchev–Trinajstić information content (AvgIpc) is 2.16. The number of pyridine rings is 1. The van der Waals surface area contributed by atoms with Gasteiger partial charge in [0.25, 0.3) is 0 Å². The van der Waals surface area contributed by atoms with Crippen LogP contribution in [0.4, 0.5) is 0 Å². The highest BCUT2D eigenvalue weighted by Crippen LogP contribution is 2.23. The number of carbonyl (C=O) groups excluding carboxylic acids is 1. The number of carbonyl (C=O) groups is 1. The van der Waals surface area contributed by atoms with Crippen LogP contribution >= 0.6 is 23.4 Å². The van der Waals surface area contributed by atoms with E-state index in [1.54, 1.807) is 18.3 Å². The summed E-state index contributed by atoms with van der Waals surface area (Å²) in [5.74, 6) is 4.87. The second-order valence-corrected chi connectivity index (χ2v) is 3.52. The van der Waals surface area contributed by atoms with Gasteiger partial charge in [0.2, 0.25) is 5.91 Å². The molecule has 0 atom stereocenters. The quantitative estimate of drug-likeness (QED) is 0.341. The lowest BCUT2D eigenvalue weighted by atomic mass is 10.5. The van der Waals surface area contributed by atoms with Gasteiger partial charge in [0, 0.05) is 6.20 Å². The van der Waals surface area contributed by atoms with Gasteiger partial charge < -0.3 is 0 Å². The summed E-state index contributed by atoms with van der Waals surface area (Å²) in [6.07, 6.45) is 1.62. The highest BCUT2D eigenvalue weighted by molar-refractivity contribution is 8.00. The molecule has 1 aromatic heterocycles. The van der Waals surface area contributed by atoms with Crippen molar-refractivity contribution in [2.24, 2.45) is 5.84 Å². The van der Waals surface area contributed by atoms with Gasteiger partial charge in [-0.3, -0.25) is 10.2 Å². The number of halogens is 1. The van der Waals surface area contributed by atoms with E-state index in [1.807, 2.05) is 5.43 Å². The summed E-state index contributed by atoms with van der Waals surface area (Å²) in [6, 6.07) is 3.45. The molecule has 1 rings (SSSR count). The lowest BCUT2D eigenvalue weighted by Crippen LogP contribution is -2.31. The van der Waals surface area contributed by atoms with Crippen molar-refractivity contribution in [2.75, 3.05) is 5.75 Å². The molecule has 0 radical (unpaired) electrons. The maximum Gasteiger partial charge on any atom is 0.244 e. The zero-order chi connectivity index (χ0) is 9.68. The van der Waals surface area contributed by atoms with Crippen LogP contribution in [0, 0.1) is 0 Å². The molecule has 4 nitrogen and oxygen atoms in total. The van der Waals surface area contributed by atoms with Gasteiger partial charge in [-0.1, -0.05) is 23.4 Å². The maximum absolute atomic E-state index is 10.8. The molecule has 1 heterocycles. The number of nitrogens with zero attached hydrogens (tertiary/aromatic N) is 1. The summed E-state index contributed by atoms with van der Waals surface area (Å²) >= 11 is 7.05. The van der Waals surface area contributed by atoms with Gasteiger partial charge >= 0.3 is 0 Å². The molecule has 6 heteroatoms. The van der Waals surface area contributed by atoms with Crippen molar-refractivity contribution in [3.05, 3.63) is 23.4 Å². The lowest BCUT2D eigenvalue weighted by molar-refractivity contribution is -0.118. The Labute approximate surface area is 84.8 Å². The fraction of sp³-hybridized carbons (Fsp3) is 0.143. The Morgan fingerprint density at radius 2 is 2.54 bits per heavy atom. The van der Waals surface area contributed by atoms with Crippen molar-refractivity contribution in [2.45, 2.75) is 5.03 Å². The summed E-state index contributed by atoms with van der Waals surface area (Å²) in [7, 11) is 0. The van der Waals surface area contributed by atoms with Crippen molar-refractivity contribution in [1.82, 2.24) is 10.4 Å². The summed E-state index contributed by atoms with van der Waals surface area (Å²) in [4.78, 5) is 14.8. The number of hydrogen-bond acceptors (Lipinski definition) is 4. The summed E-state index contributed by atoms with van der Waals surface area (Å²) in [5.41, 5.74) is 2.02. The lowest BCUT2D eigenvalue weighted by Gasteiger charge is -2.00. The van der Waals surface area contributed by atoms with Crippen LogP contribution in [0.5, 0.6) is 0 Å². The molecule has 0 saturated carbocycles. The van der Waals surface area contributed by atoms with E-state index in [-0.39, 0.29) is 11.7 Å². The topological polar surface area (TPSA) is 68.0 Å². The molecule has 1 amide bonds. The Morgan fingerprint density at radius 1 is 1.77 bits per heavy atom. The molecular formula is C7H8ClN3OS. The second-order valence-electron chi connectivity index (χ2n) is 2.15. The number of rotatable bonds is 3. The molecule has 0 saturated heterocycles. The zero-order valence-corrected chi connectivity index (χ0v) is 8.23. The van der Waals surface area contributed by atoms with Gasteiger partial charge in [-0.25, -0.2) is 10.8 Å². The van der Waals surface area contributed by atoms with E-state index in [0.717, 1.165) is 0 Å². The average molecular weight is 218 g/mol. The third-order valence-electron chi connectivity index (χ3n) is 1.23. The van der Waals surface area contributed by atoms with Crippen LogP contribution < -0.4 is 11.3 Å². The van der Waals surface area contributed by atoms with E-state index in [0.29, 0.717) is 10.0 Å². The predicted molar refractivity (Wildman–Crippen MR) is 52.3 cm³/mol. The maximum atomic E-state index is 10.8. The van der Waals surface area contributed by atoms with Crippen molar-refractivity contribution < 1.29 is 4.79 Å². The molecule has 0 spiro atoms. The minimum atomic E-state index is -0.258. The van der Waals surface area contributed by atoms with E-state index in [2.05, 4.69) is 4.98 Å². The monoisotopic (exact) mass is 217 g/mol. The number of amides is 1. The molecule has 0 fully saturated rings. The Balaban J connectivity index is 2.54. The first-order valence-electron chi connectivity index (χ1n) is 3.47. The van der Waals surface area contributed by atoms with Crippen LogP contribution in [0.2, 0.25) is 5.02 Å². The molecule has 0 bridgehead atoms. The van der Waals surface area contributed by atoms with Crippen LogP contribution in [0.25, 0.3) is 0 Å². The summed E-state index contributed by atoms with van der Waals surface area (Å²) in [5, 5.41) is 1.17. The molecule has 1 aromatic rings. The molecule has 0 unspecified atom stereocenters. The Morgan fingerprint density at radius 3 is 3.15 bits per heavy atom. The standard InChI is InChI=1S/C7H8ClN3OS/c8-5-2-1-3-10-7(5)13-4-6(12)11-9/h1-3H,4,9H2,(H,11,12). The van der Waals surface area contributed by atoms with Crippen LogP contribution in [-0.2, 0) is 4.79 Å². The first-order valence-corrected chi connectivity index (χ1v) is 4.83. The summed E-state index contributed by atoms with van der Waals surface area (Å²) in [6.45, 7) is 0. The van der Waals surface area contributed by atoms with Crippen LogP contribution in [0.15, 0.2) is 23.4 Å². The van der Waals surface area contributed by atoms with E-state index in [4.69, 9.17) is 17.4 Å². The number of hydrazine groups is 1. The van der Waals surface area contributed by atoms with Crippen molar-refractivity contribution in [3.8, 4) is 0 Å². The third-order valence-corrected chi connectivity index (χ3v) is 2.65. The van der Waals surface area contributed by atoms with E-state index in [1.165, 1.54) is 11.8 Å². The Hall–Kier alpha value is -0.780. The first kappa shape index (κ1) is 10.3. The molecule has 0 aliphatic rings. The van der Waals surface area contributed by atoms with Gasteiger partial charge in [0.1, 0.15) is 5.03 Å². The fourth-order valence-electron chi connectivity index (χ4n) is 0.653. The van der Waals surface area contributed by atoms with Gasteiger partial charge in [0.05, 0.1) is 10.8 Å². The van der Waals surface area contributed by atoms with Gasteiger partial charge in [0.15, 0.2) is 0 Å². The zero-order valence-electron chi connectivity index (χ0n) is 6.66. The number of aromatic nitrogens is 1. The van der Waals surface area contributed by atoms with Crippen LogP contribution in [0.1, 0.15) is 0 Å². The highest BCUT2D eigenvalue weighted by atomic mass is 35.5. The first-order chi connectivity index (χ1) is 6.24. The van der Waals surface area contributed by atoms with Crippen molar-refractivity contribution in [1.29, 1.82) is 0 Å². The van der Waals surface area contributed by atoms with Crippen molar-refractivity contribution in [3.63, 3.8) is 0 Å². The number of nitrogens with one attached hydrogen (secondary N) is 1. The normalized spacial score (nSPS) is 9.69. The minimum absolute atomic E-state index is 0.216. The van der Waals surface area contributed by atoms with Gasteiger partial charge in [-0.2, -0.15) is 0 Å². The minimum Gasteiger partial charge on any atom is -0.294 e. The SMILES string of the molecule is NNC(=O)CSc1ncccc1Cl. The Kier molecular flexibility index (Phi) is 4.01. The molecule has 13 heavy (non-hydrogen) atoms. The molecule has 70 valence electrons. The summed E-state index contributed by atoms with van der Waals surface area (Å²) < 4.78 is 0. The van der Waals surface area contributed by atoms with E-state index >= 15 is 0 Å². The second kappa shape index (κ2) is 5.06. The fourth-order valence-corrected chi connectivity index (χ4v) is 1.63. The molecule has 0 aliphatic heterocycles.